The number of nitrogens with one attached hydrogen (secondary N) is 1. The van der Waals surface area contributed by atoms with E-state index in [0.717, 1.165) is 99.6 Å². The van der Waals surface area contributed by atoms with Crippen molar-refractivity contribution in [3.8, 4) is 11.4 Å². The maximum absolute atomic E-state index is 13.4. The number of aromatic nitrogens is 2. The van der Waals surface area contributed by atoms with Crippen molar-refractivity contribution < 1.29 is 19.1 Å². The molecule has 1 N–H and O–H groups in total. The fraction of sp³-hybridized carbons (Fsp3) is 0.465. The first-order valence-electron chi connectivity index (χ1n) is 20.0. The number of ether oxygens (including phenoxy) is 1. The van der Waals surface area contributed by atoms with Crippen LogP contribution in [0.1, 0.15) is 90.7 Å². The summed E-state index contributed by atoms with van der Waals surface area (Å²) in [5.41, 5.74) is 6.63. The highest BCUT2D eigenvalue weighted by Gasteiger charge is 2.49. The third kappa shape index (κ3) is 4.87. The van der Waals surface area contributed by atoms with E-state index in [9.17, 15) is 19.2 Å². The fourth-order valence-corrected chi connectivity index (χ4v) is 11.4. The van der Waals surface area contributed by atoms with Crippen LogP contribution in [0, 0.1) is 5.92 Å². The van der Waals surface area contributed by atoms with Gasteiger partial charge in [-0.25, -0.2) is 0 Å². The summed E-state index contributed by atoms with van der Waals surface area (Å²) in [5, 5.41) is 3.34. The Hall–Kier alpha value is -4.74. The van der Waals surface area contributed by atoms with Crippen molar-refractivity contribution in [1.82, 2.24) is 24.7 Å². The second-order valence-corrected chi connectivity index (χ2v) is 17.5. The second kappa shape index (κ2) is 12.1. The molecule has 1 atom stereocenters. The van der Waals surface area contributed by atoms with Crippen LogP contribution in [0.4, 0.5) is 5.69 Å². The number of nitrogens with zero attached hydrogens (tertiary/aromatic N) is 5. The highest BCUT2D eigenvalue weighted by atomic mass is 35.5. The summed E-state index contributed by atoms with van der Waals surface area (Å²) in [6.45, 7) is 6.01. The molecule has 0 unspecified atom stereocenters. The Morgan fingerprint density at radius 3 is 2.53 bits per heavy atom. The van der Waals surface area contributed by atoms with Gasteiger partial charge in [-0.05, 0) is 81.1 Å². The van der Waals surface area contributed by atoms with Crippen molar-refractivity contribution in [3.05, 3.63) is 92.0 Å². The summed E-state index contributed by atoms with van der Waals surface area (Å²) < 4.78 is 8.65. The van der Waals surface area contributed by atoms with Gasteiger partial charge in [0.1, 0.15) is 17.6 Å². The lowest BCUT2D eigenvalue weighted by Gasteiger charge is -2.46. The SMILES string of the molecule is O=C1CC[C@H](N2Cc3c(ccc4c3OCC43CCN(CC4CN(c5ccc6c(c5)-n5c(nc(=O)c7c(Cl)cccc75)C65CCCCC5)C4)CC3)C2=O)C(=O)N1. The highest BCUT2D eigenvalue weighted by Crippen LogP contribution is 2.53. The minimum atomic E-state index is -0.633. The lowest BCUT2D eigenvalue weighted by molar-refractivity contribution is -0.136. The molecule has 55 heavy (non-hydrogen) atoms. The molecule has 2 spiro atoms. The molecule has 11 rings (SSSR count). The minimum absolute atomic E-state index is 0.0677. The molecule has 6 aliphatic heterocycles. The molecular formula is C43H43ClN6O5. The van der Waals surface area contributed by atoms with Gasteiger partial charge in [0, 0.05) is 59.8 Å². The van der Waals surface area contributed by atoms with Gasteiger partial charge >= 0.3 is 0 Å². The Bertz CT molecular complexity index is 2410. The molecule has 4 aromatic rings. The largest absolute Gasteiger partial charge is 0.492 e. The number of benzene rings is 3. The third-order valence-corrected chi connectivity index (χ3v) is 14.4. The van der Waals surface area contributed by atoms with E-state index in [2.05, 4.69) is 43.9 Å². The van der Waals surface area contributed by atoms with Crippen molar-refractivity contribution in [3.63, 3.8) is 0 Å². The van der Waals surface area contributed by atoms with Crippen LogP contribution in [0.3, 0.4) is 0 Å². The smallest absolute Gasteiger partial charge is 0.282 e. The average Bonchev–Trinajstić information content (AvgIpc) is 3.78. The number of carbonyl (C=O) groups is 3. The van der Waals surface area contributed by atoms with Crippen LogP contribution in [0.25, 0.3) is 16.6 Å². The molecular weight excluding hydrogens is 716 g/mol. The van der Waals surface area contributed by atoms with Gasteiger partial charge in [-0.3, -0.25) is 29.1 Å². The van der Waals surface area contributed by atoms with E-state index in [-0.39, 0.29) is 34.6 Å². The van der Waals surface area contributed by atoms with E-state index in [4.69, 9.17) is 21.3 Å². The van der Waals surface area contributed by atoms with Crippen LogP contribution >= 0.6 is 11.6 Å². The van der Waals surface area contributed by atoms with Gasteiger partial charge in [0.15, 0.2) is 0 Å². The first kappa shape index (κ1) is 33.6. The van der Waals surface area contributed by atoms with Gasteiger partial charge in [0.25, 0.3) is 11.5 Å². The summed E-state index contributed by atoms with van der Waals surface area (Å²) in [5.74, 6) is 1.45. The van der Waals surface area contributed by atoms with Gasteiger partial charge in [0.05, 0.1) is 40.2 Å². The third-order valence-electron chi connectivity index (χ3n) is 14.1. The Morgan fingerprint density at radius 2 is 1.73 bits per heavy atom. The summed E-state index contributed by atoms with van der Waals surface area (Å²) in [7, 11) is 0. The number of likely N-dealkylation sites (tertiary alicyclic amines) is 1. The minimum Gasteiger partial charge on any atom is -0.492 e. The van der Waals surface area contributed by atoms with Crippen molar-refractivity contribution >= 4 is 45.9 Å². The first-order valence-corrected chi connectivity index (χ1v) is 20.4. The first-order chi connectivity index (χ1) is 26.7. The standard InChI is InChI=1S/C43H43ClN6O5/c44-31-5-4-6-32-36(31)39(53)46-41-43(13-2-1-3-14-43)29-9-7-26(19-34(29)50(32)41)48-21-25(22-48)20-47-17-15-42(16-18-47)24-55-37-28-23-49(33-11-12-35(51)45-38(33)52)40(54)27(28)8-10-30(37)42/h4-10,19,25,33H,1-3,11-18,20-24H2,(H,45,51,52)/t33-/m0/s1. The lowest BCUT2D eigenvalue weighted by Crippen LogP contribution is -2.53. The molecule has 7 aliphatic rings. The van der Waals surface area contributed by atoms with Crippen LogP contribution in [0.5, 0.6) is 5.75 Å². The van der Waals surface area contributed by atoms with E-state index in [1.807, 2.05) is 18.2 Å². The predicted octanol–water partition coefficient (Wildman–Crippen LogP) is 5.23. The Morgan fingerprint density at radius 1 is 0.927 bits per heavy atom. The zero-order valence-corrected chi connectivity index (χ0v) is 31.5. The van der Waals surface area contributed by atoms with Crippen LogP contribution in [0.15, 0.2) is 53.3 Å². The number of carbonyl (C=O) groups excluding carboxylic acids is 3. The van der Waals surface area contributed by atoms with Gasteiger partial charge in [0.2, 0.25) is 11.8 Å². The van der Waals surface area contributed by atoms with E-state index in [1.165, 1.54) is 23.2 Å². The second-order valence-electron chi connectivity index (χ2n) is 17.1. The van der Waals surface area contributed by atoms with Gasteiger partial charge in [-0.1, -0.05) is 49.1 Å². The maximum Gasteiger partial charge on any atom is 0.282 e. The number of piperidine rings is 2. The Balaban J connectivity index is 0.774. The van der Waals surface area contributed by atoms with Crippen LogP contribution in [-0.2, 0) is 27.0 Å². The summed E-state index contributed by atoms with van der Waals surface area (Å²) in [4.78, 5) is 62.5. The van der Waals surface area contributed by atoms with Crippen LogP contribution < -0.4 is 20.5 Å². The zero-order valence-electron chi connectivity index (χ0n) is 30.7. The van der Waals surface area contributed by atoms with Crippen LogP contribution in [-0.4, -0.2) is 82.4 Å². The zero-order chi connectivity index (χ0) is 37.2. The van der Waals surface area contributed by atoms with Crippen molar-refractivity contribution in [2.24, 2.45) is 5.92 Å². The fourth-order valence-electron chi connectivity index (χ4n) is 11.2. The van der Waals surface area contributed by atoms with E-state index < -0.39 is 11.9 Å². The van der Waals surface area contributed by atoms with Gasteiger partial charge in [-0.2, -0.15) is 4.98 Å². The molecule has 11 nitrogen and oxygen atoms in total. The maximum atomic E-state index is 13.4. The number of hydrogen-bond donors (Lipinski definition) is 1. The number of amides is 3. The van der Waals surface area contributed by atoms with E-state index >= 15 is 0 Å². The van der Waals surface area contributed by atoms with E-state index in [0.29, 0.717) is 41.5 Å². The topological polar surface area (TPSA) is 117 Å². The Labute approximate surface area is 323 Å². The van der Waals surface area contributed by atoms with E-state index in [1.54, 1.807) is 11.0 Å². The molecule has 3 saturated heterocycles. The van der Waals surface area contributed by atoms with Crippen LogP contribution in [0.2, 0.25) is 5.02 Å². The number of rotatable bonds is 4. The number of hydrogen-bond acceptors (Lipinski definition) is 8. The monoisotopic (exact) mass is 758 g/mol. The molecule has 1 saturated carbocycles. The summed E-state index contributed by atoms with van der Waals surface area (Å²) >= 11 is 6.59. The number of fused-ring (bicyclic) bond motifs is 11. The molecule has 7 heterocycles. The predicted molar refractivity (Wildman–Crippen MR) is 207 cm³/mol. The van der Waals surface area contributed by atoms with Crippen molar-refractivity contribution in [2.45, 2.75) is 81.2 Å². The normalized spacial score (nSPS) is 23.8. The quantitative estimate of drug-likeness (QED) is 0.282. The number of imide groups is 1. The molecule has 4 fully saturated rings. The molecule has 0 radical (unpaired) electrons. The number of anilines is 1. The van der Waals surface area contributed by atoms with Gasteiger partial charge < -0.3 is 19.4 Å². The Kier molecular flexibility index (Phi) is 7.41. The van der Waals surface area contributed by atoms with Crippen molar-refractivity contribution in [2.75, 3.05) is 44.2 Å². The molecule has 0 bridgehead atoms. The highest BCUT2D eigenvalue weighted by molar-refractivity contribution is 6.35. The van der Waals surface area contributed by atoms with Crippen molar-refractivity contribution in [1.29, 1.82) is 0 Å². The summed E-state index contributed by atoms with van der Waals surface area (Å²) in [6, 6.07) is 16.0. The molecule has 282 valence electrons. The molecule has 3 amide bonds. The molecule has 3 aromatic carbocycles. The van der Waals surface area contributed by atoms with Gasteiger partial charge in [-0.15, -0.1) is 0 Å². The number of halogens is 1. The molecule has 1 aliphatic carbocycles. The molecule has 12 heteroatoms. The summed E-state index contributed by atoms with van der Waals surface area (Å²) in [6.07, 6.45) is 8.07. The molecule has 1 aromatic heterocycles. The average molecular weight is 759 g/mol. The lowest BCUT2D eigenvalue weighted by atomic mass is 9.70.